The number of hydrogen-bond donors (Lipinski definition) is 1. The number of hydrogen-bond acceptors (Lipinski definition) is 3. The van der Waals surface area contributed by atoms with Crippen molar-refractivity contribution in [3.8, 4) is 0 Å². The minimum Gasteiger partial charge on any atom is -0.481 e. The molecule has 0 saturated heterocycles. The number of fused-ring (bicyclic) bond motifs is 1. The van der Waals surface area contributed by atoms with Gasteiger partial charge in [-0.3, -0.25) is 9.78 Å². The molecular formula is C16H25NO3Si. The Bertz CT molecular complexity index is 494. The Morgan fingerprint density at radius 3 is 2.62 bits per heavy atom. The summed E-state index contributed by atoms with van der Waals surface area (Å²) in [6.45, 7) is 6.57. The van der Waals surface area contributed by atoms with Gasteiger partial charge >= 0.3 is 5.97 Å². The number of aromatic nitrogens is 1. The molecule has 2 unspecified atom stereocenters. The van der Waals surface area contributed by atoms with Gasteiger partial charge in [0.15, 0.2) is 8.32 Å². The molecule has 0 aliphatic heterocycles. The maximum absolute atomic E-state index is 11.4. The predicted octanol–water partition coefficient (Wildman–Crippen LogP) is 3.79. The van der Waals surface area contributed by atoms with Gasteiger partial charge in [-0.2, -0.15) is 0 Å². The molecule has 0 bridgehead atoms. The molecule has 1 aliphatic rings. The van der Waals surface area contributed by atoms with E-state index in [1.165, 1.54) is 0 Å². The summed E-state index contributed by atoms with van der Waals surface area (Å²) in [4.78, 5) is 15.9. The summed E-state index contributed by atoms with van der Waals surface area (Å²) in [6, 6.07) is 7.06. The zero-order valence-corrected chi connectivity index (χ0v) is 14.1. The molecule has 1 aromatic heterocycles. The van der Waals surface area contributed by atoms with E-state index in [0.29, 0.717) is 12.8 Å². The van der Waals surface area contributed by atoms with Crippen LogP contribution in [0.5, 0.6) is 0 Å². The van der Waals surface area contributed by atoms with Crippen LogP contribution in [-0.2, 0) is 15.6 Å². The van der Waals surface area contributed by atoms with E-state index < -0.39 is 14.3 Å². The lowest BCUT2D eigenvalue weighted by molar-refractivity contribution is -0.143. The van der Waals surface area contributed by atoms with Crippen LogP contribution in [0.1, 0.15) is 44.6 Å². The van der Waals surface area contributed by atoms with Crippen molar-refractivity contribution in [3.63, 3.8) is 0 Å². The van der Waals surface area contributed by atoms with Crippen LogP contribution in [0.25, 0.3) is 0 Å². The first-order chi connectivity index (χ1) is 10.0. The molecule has 4 nitrogen and oxygen atoms in total. The van der Waals surface area contributed by atoms with E-state index in [0.717, 1.165) is 29.4 Å². The van der Waals surface area contributed by atoms with Crippen molar-refractivity contribution in [2.24, 2.45) is 5.92 Å². The maximum Gasteiger partial charge on any atom is 0.306 e. The number of rotatable bonds is 6. The quantitative estimate of drug-likeness (QED) is 0.812. The van der Waals surface area contributed by atoms with Crippen LogP contribution >= 0.6 is 0 Å². The molecule has 2 rings (SSSR count). The summed E-state index contributed by atoms with van der Waals surface area (Å²) in [5.74, 6) is -1.08. The van der Waals surface area contributed by atoms with Crippen LogP contribution in [0.4, 0.5) is 0 Å². The first kappa shape index (κ1) is 16.2. The molecule has 0 aromatic carbocycles. The summed E-state index contributed by atoms with van der Waals surface area (Å²) in [5, 5.41) is 9.39. The molecule has 0 fully saturated rings. The van der Waals surface area contributed by atoms with Crippen molar-refractivity contribution in [2.75, 3.05) is 0 Å². The van der Waals surface area contributed by atoms with Gasteiger partial charge in [-0.05, 0) is 42.6 Å². The zero-order valence-electron chi connectivity index (χ0n) is 13.1. The Morgan fingerprint density at radius 1 is 1.38 bits per heavy atom. The van der Waals surface area contributed by atoms with E-state index in [1.54, 1.807) is 6.20 Å². The lowest BCUT2D eigenvalue weighted by Gasteiger charge is -2.37. The molecule has 0 spiro atoms. The second-order valence-corrected chi connectivity index (χ2v) is 10.6. The Kier molecular flexibility index (Phi) is 5.16. The van der Waals surface area contributed by atoms with Crippen LogP contribution in [0.2, 0.25) is 18.1 Å². The van der Waals surface area contributed by atoms with Gasteiger partial charge in [0.25, 0.3) is 0 Å². The largest absolute Gasteiger partial charge is 0.481 e. The van der Waals surface area contributed by atoms with Gasteiger partial charge in [-0.15, -0.1) is 0 Å². The fourth-order valence-electron chi connectivity index (χ4n) is 3.23. The number of pyridine rings is 1. The minimum atomic E-state index is -1.77. The molecule has 1 aromatic rings. The fraction of sp³-hybridized carbons (Fsp3) is 0.625. The molecule has 0 saturated carbocycles. The lowest BCUT2D eigenvalue weighted by atomic mass is 9.85. The average Bonchev–Trinajstić information content (AvgIpc) is 2.52. The number of aliphatic carboxylic acids is 1. The Labute approximate surface area is 127 Å². The van der Waals surface area contributed by atoms with Gasteiger partial charge in [-0.1, -0.05) is 26.8 Å². The third-order valence-corrected chi connectivity index (χ3v) is 9.52. The highest BCUT2D eigenvalue weighted by Crippen LogP contribution is 2.38. The van der Waals surface area contributed by atoms with Crippen LogP contribution in [0.15, 0.2) is 18.3 Å². The van der Waals surface area contributed by atoms with Crippen LogP contribution < -0.4 is 0 Å². The number of carboxylic acids is 1. The van der Waals surface area contributed by atoms with Crippen molar-refractivity contribution >= 4 is 14.3 Å². The second kappa shape index (κ2) is 6.71. The Balaban J connectivity index is 2.31. The highest BCUT2D eigenvalue weighted by atomic mass is 28.4. The first-order valence-electron chi connectivity index (χ1n) is 7.89. The van der Waals surface area contributed by atoms with Crippen LogP contribution in [0.3, 0.4) is 0 Å². The number of nitrogens with zero attached hydrogens (tertiary/aromatic N) is 1. The van der Waals surface area contributed by atoms with E-state index in [9.17, 15) is 9.90 Å². The molecule has 0 amide bonds. The first-order valence-corrected chi connectivity index (χ1v) is 10.4. The van der Waals surface area contributed by atoms with Gasteiger partial charge < -0.3 is 9.53 Å². The molecule has 21 heavy (non-hydrogen) atoms. The number of carboxylic acid groups (broad SMARTS) is 1. The van der Waals surface area contributed by atoms with Crippen LogP contribution in [0, 0.1) is 5.92 Å². The molecular weight excluding hydrogens is 282 g/mol. The molecule has 2 atom stereocenters. The van der Waals surface area contributed by atoms with Gasteiger partial charge in [0, 0.05) is 6.20 Å². The predicted molar refractivity (Wildman–Crippen MR) is 84.7 cm³/mol. The summed E-state index contributed by atoms with van der Waals surface area (Å²) >= 11 is 0. The van der Waals surface area contributed by atoms with Gasteiger partial charge in [0.2, 0.25) is 0 Å². The topological polar surface area (TPSA) is 59.4 Å². The van der Waals surface area contributed by atoms with Crippen molar-refractivity contribution in [3.05, 3.63) is 29.6 Å². The zero-order chi connectivity index (χ0) is 15.5. The van der Waals surface area contributed by atoms with E-state index in [1.807, 2.05) is 12.1 Å². The summed E-state index contributed by atoms with van der Waals surface area (Å²) in [7, 11) is -1.77. The van der Waals surface area contributed by atoms with E-state index in [2.05, 4.69) is 25.8 Å². The Morgan fingerprint density at radius 2 is 2.05 bits per heavy atom. The van der Waals surface area contributed by atoms with Crippen LogP contribution in [-0.4, -0.2) is 24.4 Å². The van der Waals surface area contributed by atoms with Crippen molar-refractivity contribution in [1.29, 1.82) is 0 Å². The standard InChI is InChI=1S/C16H25NO3Si/c1-4-21(5-2,6-3)20-14-11-13(16(18)19)10-12-8-7-9-17-15(12)14/h7-9,13-14H,4-6,10-11H2,1-3H3,(H,18,19). The van der Waals surface area contributed by atoms with E-state index >= 15 is 0 Å². The van der Waals surface area contributed by atoms with Crippen molar-refractivity contribution < 1.29 is 14.3 Å². The maximum atomic E-state index is 11.4. The third kappa shape index (κ3) is 3.35. The summed E-state index contributed by atoms with van der Waals surface area (Å²) < 4.78 is 6.55. The molecule has 0 radical (unpaired) electrons. The highest BCUT2D eigenvalue weighted by molar-refractivity contribution is 6.73. The average molecular weight is 307 g/mol. The molecule has 1 heterocycles. The molecule has 1 aliphatic carbocycles. The second-order valence-electron chi connectivity index (χ2n) is 5.87. The van der Waals surface area contributed by atoms with E-state index in [-0.39, 0.29) is 12.0 Å². The molecule has 1 N–H and O–H groups in total. The van der Waals surface area contributed by atoms with Gasteiger partial charge in [0.05, 0.1) is 17.7 Å². The molecule has 116 valence electrons. The fourth-order valence-corrected chi connectivity index (χ4v) is 6.04. The third-order valence-electron chi connectivity index (χ3n) is 4.87. The lowest BCUT2D eigenvalue weighted by Crippen LogP contribution is -2.40. The summed E-state index contributed by atoms with van der Waals surface area (Å²) in [6.07, 6.45) is 2.75. The van der Waals surface area contributed by atoms with Crippen molar-refractivity contribution in [1.82, 2.24) is 4.98 Å². The molecule has 5 heteroatoms. The van der Waals surface area contributed by atoms with Gasteiger partial charge in [0.1, 0.15) is 0 Å². The monoisotopic (exact) mass is 307 g/mol. The highest BCUT2D eigenvalue weighted by Gasteiger charge is 2.38. The minimum absolute atomic E-state index is 0.150. The number of carbonyl (C=O) groups is 1. The van der Waals surface area contributed by atoms with Gasteiger partial charge in [-0.25, -0.2) is 0 Å². The summed E-state index contributed by atoms with van der Waals surface area (Å²) in [5.41, 5.74) is 1.99. The van der Waals surface area contributed by atoms with E-state index in [4.69, 9.17) is 4.43 Å². The Hall–Kier alpha value is -1.20. The smallest absolute Gasteiger partial charge is 0.306 e. The van der Waals surface area contributed by atoms with Crippen molar-refractivity contribution in [2.45, 2.75) is 57.8 Å². The normalized spacial score (nSPS) is 21.9. The SMILES string of the molecule is CC[Si](CC)(CC)OC1CC(C(=O)O)Cc2cccnc21.